The first kappa shape index (κ1) is 10.9. The largest absolute Gasteiger partial charge is 0.382 e. The Balaban J connectivity index is 2.18. The number of piperazine rings is 1. The van der Waals surface area contributed by atoms with E-state index in [9.17, 15) is 4.79 Å². The van der Waals surface area contributed by atoms with Crippen LogP contribution in [0.4, 0.5) is 5.82 Å². The number of nitrogens with two attached hydrogens (primary N) is 1. The molecule has 1 amide bonds. The number of anilines is 1. The number of rotatable bonds is 2. The quantitative estimate of drug-likeness (QED) is 0.710. The van der Waals surface area contributed by atoms with Crippen molar-refractivity contribution in [2.75, 3.05) is 31.9 Å². The van der Waals surface area contributed by atoms with Gasteiger partial charge in [-0.3, -0.25) is 9.48 Å². The smallest absolute Gasteiger partial charge is 0.272 e. The summed E-state index contributed by atoms with van der Waals surface area (Å²) in [6.45, 7) is 5.79. The first-order chi connectivity index (χ1) is 7.72. The number of hydrogen-bond donors (Lipinski definition) is 2. The van der Waals surface area contributed by atoms with Crippen LogP contribution in [0.2, 0.25) is 0 Å². The van der Waals surface area contributed by atoms with Crippen LogP contribution >= 0.6 is 0 Å². The summed E-state index contributed by atoms with van der Waals surface area (Å²) in [5.41, 5.74) is 6.19. The third-order valence-corrected chi connectivity index (χ3v) is 2.72. The van der Waals surface area contributed by atoms with Crippen LogP contribution in [-0.2, 0) is 6.54 Å². The number of carbonyl (C=O) groups is 1. The molecular weight excluding hydrogens is 206 g/mol. The van der Waals surface area contributed by atoms with Crippen molar-refractivity contribution in [1.29, 1.82) is 0 Å². The third kappa shape index (κ3) is 2.01. The fraction of sp³-hybridized carbons (Fsp3) is 0.600. The summed E-state index contributed by atoms with van der Waals surface area (Å²) in [6.07, 6.45) is 0. The summed E-state index contributed by atoms with van der Waals surface area (Å²) in [6, 6.07) is 1.65. The molecule has 16 heavy (non-hydrogen) atoms. The molecule has 6 nitrogen and oxygen atoms in total. The van der Waals surface area contributed by atoms with Crippen molar-refractivity contribution in [3.63, 3.8) is 0 Å². The summed E-state index contributed by atoms with van der Waals surface area (Å²) in [5.74, 6) is 0.424. The van der Waals surface area contributed by atoms with Gasteiger partial charge in [0.05, 0.1) is 0 Å². The lowest BCUT2D eigenvalue weighted by Crippen LogP contribution is -2.46. The predicted molar refractivity (Wildman–Crippen MR) is 61.1 cm³/mol. The van der Waals surface area contributed by atoms with Crippen molar-refractivity contribution in [1.82, 2.24) is 20.0 Å². The Hall–Kier alpha value is -1.56. The van der Waals surface area contributed by atoms with Gasteiger partial charge < -0.3 is 16.0 Å². The highest BCUT2D eigenvalue weighted by atomic mass is 16.2. The van der Waals surface area contributed by atoms with E-state index in [4.69, 9.17) is 5.73 Å². The van der Waals surface area contributed by atoms with Crippen LogP contribution in [0, 0.1) is 0 Å². The van der Waals surface area contributed by atoms with Gasteiger partial charge in [-0.2, -0.15) is 5.10 Å². The van der Waals surface area contributed by atoms with E-state index < -0.39 is 0 Å². The highest BCUT2D eigenvalue weighted by Crippen LogP contribution is 2.10. The molecule has 0 unspecified atom stereocenters. The van der Waals surface area contributed by atoms with Crippen molar-refractivity contribution in [2.45, 2.75) is 13.5 Å². The number of nitrogen functional groups attached to an aromatic ring is 1. The average molecular weight is 223 g/mol. The molecule has 0 saturated carbocycles. The minimum Gasteiger partial charge on any atom is -0.382 e. The summed E-state index contributed by atoms with van der Waals surface area (Å²) < 4.78 is 1.65. The van der Waals surface area contributed by atoms with E-state index in [-0.39, 0.29) is 5.91 Å². The van der Waals surface area contributed by atoms with Crippen molar-refractivity contribution in [2.24, 2.45) is 0 Å². The van der Waals surface area contributed by atoms with E-state index in [1.54, 1.807) is 10.7 Å². The second-order valence-corrected chi connectivity index (χ2v) is 3.81. The van der Waals surface area contributed by atoms with Gasteiger partial charge >= 0.3 is 0 Å². The Morgan fingerprint density at radius 3 is 2.88 bits per heavy atom. The number of hydrogen-bond acceptors (Lipinski definition) is 4. The zero-order valence-electron chi connectivity index (χ0n) is 9.44. The maximum Gasteiger partial charge on any atom is 0.272 e. The number of aryl methyl sites for hydroxylation is 1. The maximum atomic E-state index is 12.2. The molecule has 1 aromatic heterocycles. The molecule has 2 rings (SSSR count). The predicted octanol–water partition coefficient (Wildman–Crippen LogP) is -0.469. The van der Waals surface area contributed by atoms with E-state index in [1.165, 1.54) is 0 Å². The number of carbonyl (C=O) groups excluding carboxylic acids is 1. The van der Waals surface area contributed by atoms with Crippen molar-refractivity contribution in [3.8, 4) is 0 Å². The Morgan fingerprint density at radius 2 is 2.25 bits per heavy atom. The summed E-state index contributed by atoms with van der Waals surface area (Å²) in [5, 5.41) is 7.29. The average Bonchev–Trinajstić information content (AvgIpc) is 2.70. The van der Waals surface area contributed by atoms with E-state index in [0.717, 1.165) is 26.2 Å². The van der Waals surface area contributed by atoms with Crippen LogP contribution in [0.5, 0.6) is 0 Å². The van der Waals surface area contributed by atoms with E-state index >= 15 is 0 Å². The molecule has 0 bridgehead atoms. The zero-order valence-corrected chi connectivity index (χ0v) is 9.44. The zero-order chi connectivity index (χ0) is 11.5. The van der Waals surface area contributed by atoms with Crippen molar-refractivity contribution >= 4 is 11.7 Å². The molecule has 0 aliphatic carbocycles. The molecule has 6 heteroatoms. The second-order valence-electron chi connectivity index (χ2n) is 3.81. The van der Waals surface area contributed by atoms with Gasteiger partial charge in [-0.1, -0.05) is 0 Å². The highest BCUT2D eigenvalue weighted by Gasteiger charge is 2.21. The molecular formula is C10H17N5O. The fourth-order valence-corrected chi connectivity index (χ4v) is 1.88. The van der Waals surface area contributed by atoms with Gasteiger partial charge in [0.25, 0.3) is 5.91 Å². The summed E-state index contributed by atoms with van der Waals surface area (Å²) >= 11 is 0. The Morgan fingerprint density at radius 1 is 1.56 bits per heavy atom. The SMILES string of the molecule is CCn1nc(N)cc1C(=O)N1CCNCC1. The van der Waals surface area contributed by atoms with Gasteiger partial charge in [0.1, 0.15) is 11.5 Å². The summed E-state index contributed by atoms with van der Waals surface area (Å²) in [4.78, 5) is 14.0. The lowest BCUT2D eigenvalue weighted by Gasteiger charge is -2.27. The van der Waals surface area contributed by atoms with Crippen LogP contribution in [0.25, 0.3) is 0 Å². The minimum atomic E-state index is 0.0209. The van der Waals surface area contributed by atoms with Crippen molar-refractivity contribution < 1.29 is 4.79 Å². The van der Waals surface area contributed by atoms with Gasteiger partial charge in [-0.15, -0.1) is 0 Å². The molecule has 0 spiro atoms. The number of amides is 1. The van der Waals surface area contributed by atoms with Gasteiger partial charge in [0.15, 0.2) is 0 Å². The Kier molecular flexibility index (Phi) is 3.09. The highest BCUT2D eigenvalue weighted by molar-refractivity contribution is 5.93. The molecule has 2 heterocycles. The number of nitrogens with zero attached hydrogens (tertiary/aromatic N) is 3. The standard InChI is InChI=1S/C10H17N5O/c1-2-15-8(7-9(11)13-15)10(16)14-5-3-12-4-6-14/h7,12H,2-6H2,1H3,(H2,11,13). The topological polar surface area (TPSA) is 76.2 Å². The molecule has 1 aliphatic rings. The van der Waals surface area contributed by atoms with Crippen LogP contribution in [0.3, 0.4) is 0 Å². The van der Waals surface area contributed by atoms with E-state index in [1.807, 2.05) is 11.8 Å². The van der Waals surface area contributed by atoms with Crippen LogP contribution in [0.1, 0.15) is 17.4 Å². The molecule has 88 valence electrons. The Labute approximate surface area is 94.4 Å². The van der Waals surface area contributed by atoms with Crippen molar-refractivity contribution in [3.05, 3.63) is 11.8 Å². The molecule has 3 N–H and O–H groups in total. The van der Waals surface area contributed by atoms with E-state index in [2.05, 4.69) is 10.4 Å². The molecule has 1 aliphatic heterocycles. The van der Waals surface area contributed by atoms with Crippen LogP contribution in [0.15, 0.2) is 6.07 Å². The third-order valence-electron chi connectivity index (χ3n) is 2.72. The Bertz CT molecular complexity index is 381. The molecule has 0 aromatic carbocycles. The number of aromatic nitrogens is 2. The molecule has 0 radical (unpaired) electrons. The van der Waals surface area contributed by atoms with Crippen LogP contribution < -0.4 is 11.1 Å². The molecule has 1 fully saturated rings. The fourth-order valence-electron chi connectivity index (χ4n) is 1.88. The normalized spacial score (nSPS) is 16.4. The number of nitrogens with one attached hydrogen (secondary N) is 1. The molecule has 1 saturated heterocycles. The first-order valence-electron chi connectivity index (χ1n) is 5.55. The molecule has 0 atom stereocenters. The van der Waals surface area contributed by atoms with E-state index in [0.29, 0.717) is 18.1 Å². The maximum absolute atomic E-state index is 12.2. The summed E-state index contributed by atoms with van der Waals surface area (Å²) in [7, 11) is 0. The minimum absolute atomic E-state index is 0.0209. The second kappa shape index (κ2) is 4.52. The monoisotopic (exact) mass is 223 g/mol. The lowest BCUT2D eigenvalue weighted by atomic mass is 10.3. The van der Waals surface area contributed by atoms with Gasteiger partial charge in [0.2, 0.25) is 0 Å². The van der Waals surface area contributed by atoms with Gasteiger partial charge in [-0.25, -0.2) is 0 Å². The molecule has 1 aromatic rings. The van der Waals surface area contributed by atoms with Gasteiger partial charge in [-0.05, 0) is 6.92 Å². The lowest BCUT2D eigenvalue weighted by molar-refractivity contribution is 0.0723. The van der Waals surface area contributed by atoms with Crippen LogP contribution in [-0.4, -0.2) is 46.8 Å². The first-order valence-corrected chi connectivity index (χ1v) is 5.55. The van der Waals surface area contributed by atoms with Gasteiger partial charge in [0, 0.05) is 38.8 Å².